The molecule has 3 rings (SSSR count). The number of unbranched alkanes of at least 4 members (excludes halogenated alkanes) is 1. The van der Waals surface area contributed by atoms with Crippen LogP contribution in [0.3, 0.4) is 0 Å². The number of alkyl carbamates (subject to hydrolysis) is 1. The fourth-order valence-electron chi connectivity index (χ4n) is 3.92. The molecule has 2 aromatic carbocycles. The van der Waals surface area contributed by atoms with Gasteiger partial charge in [-0.2, -0.15) is 0 Å². The van der Waals surface area contributed by atoms with Gasteiger partial charge >= 0.3 is 6.09 Å². The van der Waals surface area contributed by atoms with E-state index in [9.17, 15) is 9.59 Å². The maximum Gasteiger partial charge on any atom is 0.407 e. The highest BCUT2D eigenvalue weighted by atomic mass is 16.5. The maximum atomic E-state index is 12.3. The molecule has 0 aliphatic carbocycles. The summed E-state index contributed by atoms with van der Waals surface area (Å²) in [5, 5.41) is 4.83. The Bertz CT molecular complexity index is 958. The van der Waals surface area contributed by atoms with Crippen LogP contribution in [0.25, 0.3) is 16.8 Å². The highest BCUT2D eigenvalue weighted by Gasteiger charge is 2.32. The van der Waals surface area contributed by atoms with Crippen LogP contribution in [0.2, 0.25) is 0 Å². The van der Waals surface area contributed by atoms with Crippen molar-refractivity contribution in [3.8, 4) is 5.75 Å². The first kappa shape index (κ1) is 23.6. The summed E-state index contributed by atoms with van der Waals surface area (Å²) < 4.78 is 16.0. The molecule has 172 valence electrons. The molecule has 1 saturated heterocycles. The summed E-state index contributed by atoms with van der Waals surface area (Å²) in [4.78, 5) is 25.9. The van der Waals surface area contributed by atoms with Gasteiger partial charge in [0.15, 0.2) is 0 Å². The van der Waals surface area contributed by atoms with E-state index in [1.807, 2.05) is 37.3 Å². The summed E-state index contributed by atoms with van der Waals surface area (Å²) >= 11 is 0. The zero-order chi connectivity index (χ0) is 22.9. The van der Waals surface area contributed by atoms with E-state index in [1.165, 1.54) is 0 Å². The van der Waals surface area contributed by atoms with Gasteiger partial charge in [0, 0.05) is 25.3 Å². The zero-order valence-electron chi connectivity index (χ0n) is 19.0. The monoisotopic (exact) mass is 440 g/mol. The van der Waals surface area contributed by atoms with Crippen LogP contribution in [0, 0.1) is 0 Å². The minimum Gasteiger partial charge on any atom is -0.496 e. The van der Waals surface area contributed by atoms with Crippen LogP contribution in [0.1, 0.15) is 31.7 Å². The fourth-order valence-corrected chi connectivity index (χ4v) is 3.92. The maximum absolute atomic E-state index is 12.3. The summed E-state index contributed by atoms with van der Waals surface area (Å²) in [6.07, 6.45) is 5.80. The Morgan fingerprint density at radius 2 is 1.94 bits per heavy atom. The summed E-state index contributed by atoms with van der Waals surface area (Å²) in [5.41, 5.74) is 1.01. The first-order valence-electron chi connectivity index (χ1n) is 11.0. The average Bonchev–Trinajstić information content (AvgIpc) is 3.19. The van der Waals surface area contributed by atoms with Crippen molar-refractivity contribution in [2.75, 3.05) is 33.9 Å². The molecular formula is C25H32N2O5. The van der Waals surface area contributed by atoms with Gasteiger partial charge in [-0.15, -0.1) is 0 Å². The van der Waals surface area contributed by atoms with Gasteiger partial charge in [0.1, 0.15) is 12.3 Å². The van der Waals surface area contributed by atoms with Gasteiger partial charge < -0.3 is 24.4 Å². The van der Waals surface area contributed by atoms with E-state index in [4.69, 9.17) is 14.2 Å². The number of ether oxygens (including phenoxy) is 3. The standard InChI is InChI=1S/C25H32N2O5/c1-18-13-22(30-2)17-27(18)24(28)16-26-25(29)32-12-8-4-5-11-21-14-19-9-6-7-10-20(19)15-23(21)31-3/h5-7,9-11,14-15,18,22H,4,8,12-13,16-17H2,1-3H3,(H,26,29)/b11-5-. The van der Waals surface area contributed by atoms with Crippen LogP contribution in [0.4, 0.5) is 4.79 Å². The summed E-state index contributed by atoms with van der Waals surface area (Å²) in [6.45, 7) is 2.75. The predicted octanol–water partition coefficient (Wildman–Crippen LogP) is 4.00. The van der Waals surface area contributed by atoms with E-state index >= 15 is 0 Å². The smallest absolute Gasteiger partial charge is 0.407 e. The van der Waals surface area contributed by atoms with Crippen molar-refractivity contribution >= 4 is 28.8 Å². The number of carbonyl (C=O) groups is 2. The van der Waals surface area contributed by atoms with Crippen LogP contribution in [-0.4, -0.2) is 63.0 Å². The number of likely N-dealkylation sites (tertiary alicyclic amines) is 1. The van der Waals surface area contributed by atoms with Gasteiger partial charge in [-0.25, -0.2) is 4.79 Å². The SMILES string of the molecule is COc1cc2ccccc2cc1/C=C\CCCOC(=O)NCC(=O)N1CC(OC)CC1C. The molecule has 1 aliphatic rings. The number of hydrogen-bond donors (Lipinski definition) is 1. The molecule has 0 bridgehead atoms. The third-order valence-electron chi connectivity index (χ3n) is 5.72. The van der Waals surface area contributed by atoms with Crippen molar-refractivity contribution in [3.05, 3.63) is 48.0 Å². The molecule has 1 heterocycles. The van der Waals surface area contributed by atoms with Crippen molar-refractivity contribution in [1.82, 2.24) is 10.2 Å². The molecule has 2 atom stereocenters. The average molecular weight is 441 g/mol. The first-order valence-corrected chi connectivity index (χ1v) is 11.0. The number of carbonyl (C=O) groups excluding carboxylic acids is 2. The van der Waals surface area contributed by atoms with Gasteiger partial charge in [0.25, 0.3) is 0 Å². The van der Waals surface area contributed by atoms with Gasteiger partial charge in [-0.05, 0) is 49.1 Å². The highest BCUT2D eigenvalue weighted by molar-refractivity contribution is 5.87. The number of nitrogens with one attached hydrogen (secondary N) is 1. The zero-order valence-corrected chi connectivity index (χ0v) is 19.0. The molecule has 0 radical (unpaired) electrons. The van der Waals surface area contributed by atoms with Crippen molar-refractivity contribution in [1.29, 1.82) is 0 Å². The minimum atomic E-state index is -0.575. The van der Waals surface area contributed by atoms with Crippen LogP contribution >= 0.6 is 0 Å². The lowest BCUT2D eigenvalue weighted by Gasteiger charge is -2.21. The van der Waals surface area contributed by atoms with Crippen LogP contribution < -0.4 is 10.1 Å². The molecule has 2 amide bonds. The second-order valence-corrected chi connectivity index (χ2v) is 7.96. The Kier molecular flexibility index (Phi) is 8.50. The second-order valence-electron chi connectivity index (χ2n) is 7.96. The molecule has 1 aliphatic heterocycles. The van der Waals surface area contributed by atoms with E-state index in [2.05, 4.69) is 23.5 Å². The number of hydrogen-bond acceptors (Lipinski definition) is 5. The van der Waals surface area contributed by atoms with E-state index < -0.39 is 6.09 Å². The predicted molar refractivity (Wildman–Crippen MR) is 125 cm³/mol. The Morgan fingerprint density at radius 3 is 2.62 bits per heavy atom. The van der Waals surface area contributed by atoms with Gasteiger partial charge in [-0.3, -0.25) is 4.79 Å². The first-order chi connectivity index (χ1) is 15.5. The Hall–Kier alpha value is -3.06. The molecule has 32 heavy (non-hydrogen) atoms. The molecule has 2 unspecified atom stereocenters. The van der Waals surface area contributed by atoms with E-state index in [-0.39, 0.29) is 31.2 Å². The number of methoxy groups -OCH3 is 2. The fraction of sp³-hybridized carbons (Fsp3) is 0.440. The quantitative estimate of drug-likeness (QED) is 0.597. The third-order valence-corrected chi connectivity index (χ3v) is 5.72. The summed E-state index contributed by atoms with van der Waals surface area (Å²) in [6, 6.07) is 12.4. The van der Waals surface area contributed by atoms with Crippen LogP contribution in [0.15, 0.2) is 42.5 Å². The lowest BCUT2D eigenvalue weighted by molar-refractivity contribution is -0.131. The number of amides is 2. The molecule has 2 aromatic rings. The Balaban J connectivity index is 1.36. The molecule has 0 aromatic heterocycles. The van der Waals surface area contributed by atoms with Gasteiger partial charge in [0.2, 0.25) is 5.91 Å². The third kappa shape index (κ3) is 6.23. The Labute approximate surface area is 189 Å². The summed E-state index contributed by atoms with van der Waals surface area (Å²) in [7, 11) is 3.31. The lowest BCUT2D eigenvalue weighted by Crippen LogP contribution is -2.42. The van der Waals surface area contributed by atoms with Crippen molar-refractivity contribution < 1.29 is 23.8 Å². The number of benzene rings is 2. The lowest BCUT2D eigenvalue weighted by atomic mass is 10.1. The molecule has 7 heteroatoms. The summed E-state index contributed by atoms with van der Waals surface area (Å²) in [5.74, 6) is 0.700. The van der Waals surface area contributed by atoms with Crippen molar-refractivity contribution in [2.45, 2.75) is 38.3 Å². The molecule has 1 N–H and O–H groups in total. The number of allylic oxidation sites excluding steroid dienone is 1. The van der Waals surface area contributed by atoms with Crippen LogP contribution in [0.5, 0.6) is 5.75 Å². The molecule has 0 spiro atoms. The van der Waals surface area contributed by atoms with E-state index in [0.717, 1.165) is 34.9 Å². The van der Waals surface area contributed by atoms with Crippen LogP contribution in [-0.2, 0) is 14.3 Å². The topological polar surface area (TPSA) is 77.1 Å². The number of rotatable bonds is 9. The highest BCUT2D eigenvalue weighted by Crippen LogP contribution is 2.27. The van der Waals surface area contributed by atoms with Crippen molar-refractivity contribution in [3.63, 3.8) is 0 Å². The molecule has 7 nitrogen and oxygen atoms in total. The Morgan fingerprint density at radius 1 is 1.19 bits per heavy atom. The van der Waals surface area contributed by atoms with Gasteiger partial charge in [0.05, 0.1) is 19.8 Å². The largest absolute Gasteiger partial charge is 0.496 e. The minimum absolute atomic E-state index is 0.0588. The van der Waals surface area contributed by atoms with Gasteiger partial charge in [-0.1, -0.05) is 36.4 Å². The van der Waals surface area contributed by atoms with Crippen molar-refractivity contribution in [2.24, 2.45) is 0 Å². The second kappa shape index (κ2) is 11.5. The molecular weight excluding hydrogens is 408 g/mol. The molecule has 0 saturated carbocycles. The number of fused-ring (bicyclic) bond motifs is 1. The van der Waals surface area contributed by atoms with E-state index in [1.54, 1.807) is 19.1 Å². The normalized spacial score (nSPS) is 18.3. The number of nitrogens with zero attached hydrogens (tertiary/aromatic N) is 1. The molecule has 1 fully saturated rings. The van der Waals surface area contributed by atoms with E-state index in [0.29, 0.717) is 13.0 Å².